The molecule has 0 nitrogen and oxygen atoms in total. The Balaban J connectivity index is 4.80. The van der Waals surface area contributed by atoms with Crippen LogP contribution in [0.5, 0.6) is 0 Å². The van der Waals surface area contributed by atoms with Crippen LogP contribution in [0.3, 0.4) is 0 Å². The molecule has 0 atom stereocenters. The first-order chi connectivity index (χ1) is 7.10. The first kappa shape index (κ1) is 16.0. The minimum atomic E-state index is 0.458. The van der Waals surface area contributed by atoms with Gasteiger partial charge in [0.25, 0.3) is 0 Å². The van der Waals surface area contributed by atoms with Gasteiger partial charge in [-0.1, -0.05) is 61.8 Å². The highest BCUT2D eigenvalue weighted by Gasteiger charge is 2.33. The molecule has 0 fully saturated rings. The predicted molar refractivity (Wildman–Crippen MR) is 75.7 cm³/mol. The Hall–Kier alpha value is 0. The van der Waals surface area contributed by atoms with Crippen molar-refractivity contribution < 1.29 is 0 Å². The molecule has 0 aromatic heterocycles. The van der Waals surface area contributed by atoms with Crippen molar-refractivity contribution >= 4 is 0 Å². The van der Waals surface area contributed by atoms with Gasteiger partial charge < -0.3 is 0 Å². The molecular formula is C16H34. The van der Waals surface area contributed by atoms with Crippen molar-refractivity contribution in [3.05, 3.63) is 0 Å². The van der Waals surface area contributed by atoms with Gasteiger partial charge in [0, 0.05) is 0 Å². The summed E-state index contributed by atoms with van der Waals surface area (Å²) in [5.41, 5.74) is 1.03. The van der Waals surface area contributed by atoms with E-state index in [0.717, 1.165) is 11.8 Å². The van der Waals surface area contributed by atoms with Gasteiger partial charge >= 0.3 is 0 Å². The van der Waals surface area contributed by atoms with Crippen LogP contribution >= 0.6 is 0 Å². The maximum Gasteiger partial charge on any atom is -0.0290 e. The van der Waals surface area contributed by atoms with E-state index < -0.39 is 0 Å². The van der Waals surface area contributed by atoms with Gasteiger partial charge in [-0.2, -0.15) is 0 Å². The van der Waals surface area contributed by atoms with Crippen LogP contribution in [-0.4, -0.2) is 0 Å². The Labute approximate surface area is 104 Å². The van der Waals surface area contributed by atoms with Gasteiger partial charge in [0.15, 0.2) is 0 Å². The van der Waals surface area contributed by atoms with E-state index in [-0.39, 0.29) is 0 Å². The Kier molecular flexibility index (Phi) is 6.07. The Morgan fingerprint density at radius 1 is 0.812 bits per heavy atom. The third-order valence-electron chi connectivity index (χ3n) is 3.34. The second kappa shape index (κ2) is 6.07. The molecular weight excluding hydrogens is 192 g/mol. The minimum absolute atomic E-state index is 0.458. The third-order valence-corrected chi connectivity index (χ3v) is 3.34. The van der Waals surface area contributed by atoms with Crippen LogP contribution in [0, 0.1) is 22.7 Å². The van der Waals surface area contributed by atoms with Crippen molar-refractivity contribution in [1.82, 2.24) is 0 Å². The van der Waals surface area contributed by atoms with Crippen molar-refractivity contribution in [2.75, 3.05) is 0 Å². The molecule has 0 spiro atoms. The van der Waals surface area contributed by atoms with E-state index in [9.17, 15) is 0 Å². The SMILES string of the molecule is CCC(CC(C)C)(CC(C)C)CC(C)(C)C. The van der Waals surface area contributed by atoms with Crippen LogP contribution in [0.2, 0.25) is 0 Å². The summed E-state index contributed by atoms with van der Waals surface area (Å²) in [4.78, 5) is 0. The number of hydrogen-bond acceptors (Lipinski definition) is 0. The zero-order chi connectivity index (χ0) is 13.0. The molecule has 0 heteroatoms. The van der Waals surface area contributed by atoms with Crippen LogP contribution in [-0.2, 0) is 0 Å². The second-order valence-corrected chi connectivity index (χ2v) is 7.79. The van der Waals surface area contributed by atoms with Gasteiger partial charge in [0.1, 0.15) is 0 Å². The standard InChI is InChI=1S/C16H34/c1-9-16(10-13(2)3,11-14(4)5)12-15(6,7)8/h13-14H,9-12H2,1-8H3. The van der Waals surface area contributed by atoms with Crippen molar-refractivity contribution in [3.8, 4) is 0 Å². The lowest BCUT2D eigenvalue weighted by Crippen LogP contribution is -2.29. The summed E-state index contributed by atoms with van der Waals surface area (Å²) in [6.07, 6.45) is 5.48. The molecule has 16 heavy (non-hydrogen) atoms. The third kappa shape index (κ3) is 6.55. The summed E-state index contributed by atoms with van der Waals surface area (Å²) in [6, 6.07) is 0. The molecule has 0 radical (unpaired) electrons. The summed E-state index contributed by atoms with van der Waals surface area (Å²) in [5.74, 6) is 1.64. The molecule has 0 aromatic rings. The Morgan fingerprint density at radius 3 is 1.38 bits per heavy atom. The first-order valence-electron chi connectivity index (χ1n) is 7.10. The fraction of sp³-hybridized carbons (Fsp3) is 1.00. The monoisotopic (exact) mass is 226 g/mol. The highest BCUT2D eigenvalue weighted by molar-refractivity contribution is 4.85. The first-order valence-corrected chi connectivity index (χ1v) is 7.10. The average Bonchev–Trinajstić information content (AvgIpc) is 1.97. The smallest absolute Gasteiger partial charge is 0.0290 e. The van der Waals surface area contributed by atoms with Crippen molar-refractivity contribution in [2.24, 2.45) is 22.7 Å². The van der Waals surface area contributed by atoms with Gasteiger partial charge in [-0.25, -0.2) is 0 Å². The van der Waals surface area contributed by atoms with Gasteiger partial charge in [-0.3, -0.25) is 0 Å². The largest absolute Gasteiger partial charge is 0.0649 e. The molecule has 0 aliphatic rings. The predicted octanol–water partition coefficient (Wildman–Crippen LogP) is 5.91. The molecule has 0 bridgehead atoms. The normalized spacial score (nSPS) is 13.9. The molecule has 0 N–H and O–H groups in total. The summed E-state index contributed by atoms with van der Waals surface area (Å²) < 4.78 is 0. The van der Waals surface area contributed by atoms with Gasteiger partial charge in [-0.05, 0) is 41.9 Å². The van der Waals surface area contributed by atoms with Crippen molar-refractivity contribution in [2.45, 2.75) is 81.1 Å². The molecule has 0 amide bonds. The maximum absolute atomic E-state index is 2.39. The fourth-order valence-electron chi connectivity index (χ4n) is 3.50. The molecule has 0 aliphatic heterocycles. The lowest BCUT2D eigenvalue weighted by Gasteiger charge is -2.41. The molecule has 0 saturated heterocycles. The van der Waals surface area contributed by atoms with E-state index in [1.807, 2.05) is 0 Å². The molecule has 0 aliphatic carbocycles. The van der Waals surface area contributed by atoms with E-state index >= 15 is 0 Å². The van der Waals surface area contributed by atoms with Gasteiger partial charge in [-0.15, -0.1) is 0 Å². The van der Waals surface area contributed by atoms with Crippen LogP contribution in [0.25, 0.3) is 0 Å². The summed E-state index contributed by atoms with van der Waals surface area (Å²) >= 11 is 0. The van der Waals surface area contributed by atoms with Crippen LogP contribution in [0.4, 0.5) is 0 Å². The molecule has 0 saturated carbocycles. The lowest BCUT2D eigenvalue weighted by atomic mass is 9.64. The molecule has 0 aromatic carbocycles. The second-order valence-electron chi connectivity index (χ2n) is 7.79. The molecule has 98 valence electrons. The van der Waals surface area contributed by atoms with E-state index in [4.69, 9.17) is 0 Å². The van der Waals surface area contributed by atoms with Crippen LogP contribution in [0.1, 0.15) is 81.1 Å². The van der Waals surface area contributed by atoms with Crippen LogP contribution in [0.15, 0.2) is 0 Å². The van der Waals surface area contributed by atoms with Gasteiger partial charge in [0.05, 0.1) is 0 Å². The summed E-state index contributed by atoms with van der Waals surface area (Å²) in [6.45, 7) is 19.0. The molecule has 0 rings (SSSR count). The Morgan fingerprint density at radius 2 is 1.19 bits per heavy atom. The van der Waals surface area contributed by atoms with E-state index in [1.54, 1.807) is 0 Å². The topological polar surface area (TPSA) is 0 Å². The number of hydrogen-bond donors (Lipinski definition) is 0. The molecule has 0 heterocycles. The highest BCUT2D eigenvalue weighted by atomic mass is 14.4. The van der Waals surface area contributed by atoms with E-state index in [2.05, 4.69) is 55.4 Å². The molecule has 0 unspecified atom stereocenters. The van der Waals surface area contributed by atoms with Gasteiger partial charge in [0.2, 0.25) is 0 Å². The van der Waals surface area contributed by atoms with Crippen molar-refractivity contribution in [1.29, 1.82) is 0 Å². The number of rotatable bonds is 6. The quantitative estimate of drug-likeness (QED) is 0.528. The van der Waals surface area contributed by atoms with Crippen molar-refractivity contribution in [3.63, 3.8) is 0 Å². The minimum Gasteiger partial charge on any atom is -0.0649 e. The zero-order valence-corrected chi connectivity index (χ0v) is 13.0. The van der Waals surface area contributed by atoms with E-state index in [0.29, 0.717) is 10.8 Å². The summed E-state index contributed by atoms with van der Waals surface area (Å²) in [5, 5.41) is 0. The highest BCUT2D eigenvalue weighted by Crippen LogP contribution is 2.45. The zero-order valence-electron chi connectivity index (χ0n) is 13.0. The van der Waals surface area contributed by atoms with E-state index in [1.165, 1.54) is 25.7 Å². The summed E-state index contributed by atoms with van der Waals surface area (Å²) in [7, 11) is 0. The maximum atomic E-state index is 2.39. The van der Waals surface area contributed by atoms with Crippen LogP contribution < -0.4 is 0 Å². The Bertz CT molecular complexity index is 171. The fourth-order valence-corrected chi connectivity index (χ4v) is 3.50. The average molecular weight is 226 g/mol. The lowest BCUT2D eigenvalue weighted by molar-refractivity contribution is 0.103.